The number of halogens is 1. The molecule has 19 heavy (non-hydrogen) atoms. The van der Waals surface area contributed by atoms with Crippen molar-refractivity contribution in [2.45, 2.75) is 19.8 Å². The summed E-state index contributed by atoms with van der Waals surface area (Å²) in [4.78, 5) is 2.36. The zero-order chi connectivity index (χ0) is 13.5. The van der Waals surface area contributed by atoms with Gasteiger partial charge >= 0.3 is 0 Å². The van der Waals surface area contributed by atoms with E-state index in [0.29, 0.717) is 0 Å². The highest BCUT2D eigenvalue weighted by atomic mass is 79.9. The third-order valence-corrected chi connectivity index (χ3v) is 3.71. The Morgan fingerprint density at radius 2 is 2.00 bits per heavy atom. The van der Waals surface area contributed by atoms with Gasteiger partial charge in [0.25, 0.3) is 0 Å². The molecule has 0 unspecified atom stereocenters. The Morgan fingerprint density at radius 1 is 1.21 bits per heavy atom. The molecule has 0 spiro atoms. The lowest BCUT2D eigenvalue weighted by atomic mass is 10.1. The minimum absolute atomic E-state index is 1.02. The van der Waals surface area contributed by atoms with Crippen molar-refractivity contribution < 1.29 is 0 Å². The Balaban J connectivity index is 1.89. The van der Waals surface area contributed by atoms with Gasteiger partial charge in [-0.05, 0) is 42.0 Å². The fourth-order valence-corrected chi connectivity index (χ4v) is 2.22. The third-order valence-electron chi connectivity index (χ3n) is 3.18. The zero-order valence-corrected chi connectivity index (χ0v) is 12.9. The normalized spacial score (nSPS) is 15.1. The molecular formula is C17H20BrN. The van der Waals surface area contributed by atoms with Crippen LogP contribution in [-0.4, -0.2) is 18.0 Å². The van der Waals surface area contributed by atoms with Crippen molar-refractivity contribution in [3.63, 3.8) is 0 Å². The van der Waals surface area contributed by atoms with Crippen molar-refractivity contribution in [3.8, 4) is 0 Å². The minimum Gasteiger partial charge on any atom is -0.374 e. The van der Waals surface area contributed by atoms with Gasteiger partial charge in [-0.3, -0.25) is 0 Å². The van der Waals surface area contributed by atoms with Gasteiger partial charge in [-0.15, -0.1) is 0 Å². The van der Waals surface area contributed by atoms with Crippen molar-refractivity contribution in [1.82, 2.24) is 4.90 Å². The van der Waals surface area contributed by atoms with Gasteiger partial charge in [0.15, 0.2) is 0 Å². The molecule has 0 saturated heterocycles. The van der Waals surface area contributed by atoms with Crippen LogP contribution in [0.15, 0.2) is 58.7 Å². The first-order valence-corrected chi connectivity index (χ1v) is 7.63. The molecule has 0 amide bonds. The van der Waals surface area contributed by atoms with Crippen LogP contribution >= 0.6 is 15.9 Å². The molecule has 1 heterocycles. The molecule has 1 aromatic carbocycles. The molecule has 0 bridgehead atoms. The lowest BCUT2D eigenvalue weighted by Crippen LogP contribution is -2.20. The zero-order valence-electron chi connectivity index (χ0n) is 11.3. The highest BCUT2D eigenvalue weighted by Crippen LogP contribution is 2.14. The van der Waals surface area contributed by atoms with Gasteiger partial charge < -0.3 is 4.90 Å². The summed E-state index contributed by atoms with van der Waals surface area (Å²) in [6.07, 6.45) is 13.5. The highest BCUT2D eigenvalue weighted by molar-refractivity contribution is 9.10. The maximum absolute atomic E-state index is 3.45. The van der Waals surface area contributed by atoms with Gasteiger partial charge in [-0.25, -0.2) is 0 Å². The first kappa shape index (κ1) is 14.1. The van der Waals surface area contributed by atoms with Crippen LogP contribution < -0.4 is 0 Å². The highest BCUT2D eigenvalue weighted by Gasteiger charge is 2.01. The van der Waals surface area contributed by atoms with Crippen LogP contribution in [0.1, 0.15) is 25.3 Å². The van der Waals surface area contributed by atoms with Crippen LogP contribution in [0.3, 0.4) is 0 Å². The van der Waals surface area contributed by atoms with E-state index in [0.717, 1.165) is 17.6 Å². The second-order valence-electron chi connectivity index (χ2n) is 4.75. The first-order chi connectivity index (χ1) is 9.28. The summed E-state index contributed by atoms with van der Waals surface area (Å²) < 4.78 is 1.12. The van der Waals surface area contributed by atoms with Gasteiger partial charge in [0, 0.05) is 17.6 Å². The molecule has 1 aliphatic heterocycles. The number of benzene rings is 1. The monoisotopic (exact) mass is 317 g/mol. The maximum Gasteiger partial charge on any atom is 0.0362 e. The fourth-order valence-electron chi connectivity index (χ4n) is 1.96. The Morgan fingerprint density at radius 3 is 2.63 bits per heavy atom. The van der Waals surface area contributed by atoms with Crippen molar-refractivity contribution in [1.29, 1.82) is 0 Å². The lowest BCUT2D eigenvalue weighted by Gasteiger charge is -2.21. The van der Waals surface area contributed by atoms with E-state index in [1.807, 2.05) is 0 Å². The molecule has 100 valence electrons. The van der Waals surface area contributed by atoms with Crippen molar-refractivity contribution in [2.24, 2.45) is 0 Å². The van der Waals surface area contributed by atoms with Gasteiger partial charge in [-0.2, -0.15) is 0 Å². The molecule has 0 fully saturated rings. The molecule has 1 aliphatic rings. The molecule has 0 N–H and O–H groups in total. The number of hydrogen-bond acceptors (Lipinski definition) is 1. The minimum atomic E-state index is 1.02. The van der Waals surface area contributed by atoms with Crippen molar-refractivity contribution >= 4 is 22.0 Å². The first-order valence-electron chi connectivity index (χ1n) is 6.84. The average Bonchev–Trinajstić information content (AvgIpc) is 2.46. The molecule has 1 aromatic rings. The summed E-state index contributed by atoms with van der Waals surface area (Å²) in [7, 11) is 0. The smallest absolute Gasteiger partial charge is 0.0362 e. The van der Waals surface area contributed by atoms with E-state index in [9.17, 15) is 0 Å². The van der Waals surface area contributed by atoms with Crippen LogP contribution in [0.5, 0.6) is 0 Å². The molecule has 0 aromatic heterocycles. The van der Waals surface area contributed by atoms with Crippen LogP contribution in [0.4, 0.5) is 0 Å². The fraction of sp³-hybridized carbons (Fsp3) is 0.294. The molecular weight excluding hydrogens is 298 g/mol. The molecule has 2 heteroatoms. The molecule has 0 saturated carbocycles. The third kappa shape index (κ3) is 4.71. The molecule has 0 atom stereocenters. The second kappa shape index (κ2) is 7.34. The van der Waals surface area contributed by atoms with E-state index in [1.165, 1.54) is 24.0 Å². The number of nitrogens with zero attached hydrogens (tertiary/aromatic N) is 1. The van der Waals surface area contributed by atoms with E-state index in [2.05, 4.69) is 82.5 Å². The second-order valence-corrected chi connectivity index (χ2v) is 5.67. The van der Waals surface area contributed by atoms with Gasteiger partial charge in [0.1, 0.15) is 0 Å². The Hall–Kier alpha value is -1.28. The average molecular weight is 318 g/mol. The lowest BCUT2D eigenvalue weighted by molar-refractivity contribution is 0.400. The number of allylic oxidation sites excluding steroid dienone is 3. The predicted molar refractivity (Wildman–Crippen MR) is 86.9 cm³/mol. The van der Waals surface area contributed by atoms with Gasteiger partial charge in [0.05, 0.1) is 0 Å². The largest absolute Gasteiger partial charge is 0.374 e. The summed E-state index contributed by atoms with van der Waals surface area (Å²) in [6.45, 7) is 4.42. The topological polar surface area (TPSA) is 3.24 Å². The van der Waals surface area contributed by atoms with E-state index in [4.69, 9.17) is 0 Å². The standard InChI is InChI=1S/C17H20BrN/c1-2-3-12-19-13-10-16(11-14-19)5-4-15-6-8-17(18)9-7-15/h4-11,13H,2-3,12,14H2,1H3. The van der Waals surface area contributed by atoms with Crippen molar-refractivity contribution in [2.75, 3.05) is 13.1 Å². The molecule has 0 radical (unpaired) electrons. The number of hydrogen-bond donors (Lipinski definition) is 0. The quantitative estimate of drug-likeness (QED) is 0.737. The molecule has 2 rings (SSSR count). The number of unbranched alkanes of at least 4 members (excludes halogenated alkanes) is 1. The van der Waals surface area contributed by atoms with E-state index in [1.54, 1.807) is 0 Å². The van der Waals surface area contributed by atoms with E-state index in [-0.39, 0.29) is 0 Å². The number of rotatable bonds is 5. The Bertz CT molecular complexity index is 482. The van der Waals surface area contributed by atoms with E-state index < -0.39 is 0 Å². The van der Waals surface area contributed by atoms with E-state index >= 15 is 0 Å². The van der Waals surface area contributed by atoms with Crippen LogP contribution in [0.2, 0.25) is 0 Å². The summed E-state index contributed by atoms with van der Waals surface area (Å²) >= 11 is 3.45. The maximum atomic E-state index is 3.45. The summed E-state index contributed by atoms with van der Waals surface area (Å²) in [5, 5.41) is 0. The van der Waals surface area contributed by atoms with Crippen molar-refractivity contribution in [3.05, 3.63) is 64.3 Å². The van der Waals surface area contributed by atoms with Gasteiger partial charge in [0.2, 0.25) is 0 Å². The Labute approximate surface area is 124 Å². The summed E-state index contributed by atoms with van der Waals surface area (Å²) in [6, 6.07) is 8.36. The molecule has 1 nitrogen and oxygen atoms in total. The van der Waals surface area contributed by atoms with Gasteiger partial charge in [-0.1, -0.05) is 59.6 Å². The predicted octanol–water partition coefficient (Wildman–Crippen LogP) is 5.02. The van der Waals surface area contributed by atoms with Crippen LogP contribution in [0, 0.1) is 0 Å². The summed E-state index contributed by atoms with van der Waals surface area (Å²) in [5.74, 6) is 0. The Kier molecular flexibility index (Phi) is 5.46. The van der Waals surface area contributed by atoms with Crippen LogP contribution in [0.25, 0.3) is 6.08 Å². The van der Waals surface area contributed by atoms with Crippen LogP contribution in [-0.2, 0) is 0 Å². The SMILES string of the molecule is CCCCN1C=CC(C=Cc2ccc(Br)cc2)=CC1. The summed E-state index contributed by atoms with van der Waals surface area (Å²) in [5.41, 5.74) is 2.52. The molecule has 0 aliphatic carbocycles.